The number of allylic oxidation sites excluding steroid dienone is 3. The summed E-state index contributed by atoms with van der Waals surface area (Å²) in [6.07, 6.45) is 14.4. The third kappa shape index (κ3) is 3.58. The molecule has 4 rings (SSSR count). The van der Waals surface area contributed by atoms with Crippen molar-refractivity contribution in [1.82, 2.24) is 0 Å². The SMILES string of the molecule is CO/N=C(/C)C1=CC[C@H]2[C@@H]3CC=C4C[C@@H](O[Si](C)(C)C)CC[C@]4(C)[C@H]3CC[C@]12C. The number of hydrogen-bond donors (Lipinski definition) is 0. The number of rotatable bonds is 4. The summed E-state index contributed by atoms with van der Waals surface area (Å²) in [4.78, 5) is 5.11. The van der Waals surface area contributed by atoms with Crippen molar-refractivity contribution in [2.24, 2.45) is 33.7 Å². The summed E-state index contributed by atoms with van der Waals surface area (Å²) >= 11 is 0. The van der Waals surface area contributed by atoms with Crippen molar-refractivity contribution in [2.45, 2.75) is 91.5 Å². The van der Waals surface area contributed by atoms with E-state index in [9.17, 15) is 0 Å². The monoisotopic (exact) mass is 415 g/mol. The number of hydrogen-bond acceptors (Lipinski definition) is 3. The Morgan fingerprint density at radius 3 is 2.45 bits per heavy atom. The predicted molar refractivity (Wildman–Crippen MR) is 124 cm³/mol. The standard InChI is InChI=1S/C25H41NO2Si/c1-17(26-27-4)21-10-11-22-20-9-8-18-16-19(28-29(5,6)7)12-14-24(18,2)23(20)13-15-25(21,22)3/h8,10,19-20,22-23H,9,11-16H2,1-7H3/b26-17-/t19-,20-,22-,23-,24-,25+/m0/s1. The second kappa shape index (κ2) is 7.37. The van der Waals surface area contributed by atoms with Gasteiger partial charge in [0.2, 0.25) is 0 Å². The average Bonchev–Trinajstić information content (AvgIpc) is 2.98. The maximum atomic E-state index is 6.52. The van der Waals surface area contributed by atoms with Crippen LogP contribution < -0.4 is 0 Å². The van der Waals surface area contributed by atoms with Gasteiger partial charge in [0, 0.05) is 6.10 Å². The topological polar surface area (TPSA) is 30.8 Å². The summed E-state index contributed by atoms with van der Waals surface area (Å²) in [7, 11) is 0.190. The van der Waals surface area contributed by atoms with Crippen LogP contribution >= 0.6 is 0 Å². The molecule has 4 aliphatic carbocycles. The molecule has 6 atom stereocenters. The first-order valence-electron chi connectivity index (χ1n) is 11.7. The van der Waals surface area contributed by atoms with Gasteiger partial charge < -0.3 is 9.26 Å². The van der Waals surface area contributed by atoms with Crippen LogP contribution in [0.25, 0.3) is 0 Å². The Morgan fingerprint density at radius 2 is 1.76 bits per heavy atom. The van der Waals surface area contributed by atoms with Crippen LogP contribution in [0.4, 0.5) is 0 Å². The van der Waals surface area contributed by atoms with Gasteiger partial charge in [0.25, 0.3) is 0 Å². The minimum absolute atomic E-state index is 0.271. The van der Waals surface area contributed by atoms with Crippen LogP contribution in [0.5, 0.6) is 0 Å². The molecule has 0 aliphatic heterocycles. The van der Waals surface area contributed by atoms with Crippen molar-refractivity contribution in [2.75, 3.05) is 7.11 Å². The zero-order valence-electron chi connectivity index (χ0n) is 19.7. The highest BCUT2D eigenvalue weighted by Gasteiger charge is 2.57. The first-order valence-corrected chi connectivity index (χ1v) is 15.2. The van der Waals surface area contributed by atoms with Gasteiger partial charge >= 0.3 is 0 Å². The molecule has 29 heavy (non-hydrogen) atoms. The Bertz CT molecular complexity index is 748. The van der Waals surface area contributed by atoms with Gasteiger partial charge in [0.05, 0.1) is 5.71 Å². The smallest absolute Gasteiger partial charge is 0.184 e. The normalized spacial score (nSPS) is 42.4. The molecule has 0 unspecified atom stereocenters. The van der Waals surface area contributed by atoms with Gasteiger partial charge in [-0.1, -0.05) is 36.7 Å². The van der Waals surface area contributed by atoms with Gasteiger partial charge in [0.1, 0.15) is 7.11 Å². The van der Waals surface area contributed by atoms with Crippen LogP contribution in [0.2, 0.25) is 19.6 Å². The molecule has 0 aromatic heterocycles. The fourth-order valence-electron chi connectivity index (χ4n) is 7.54. The molecule has 0 aromatic rings. The molecule has 0 aromatic carbocycles. The van der Waals surface area contributed by atoms with Crippen LogP contribution in [0.3, 0.4) is 0 Å². The van der Waals surface area contributed by atoms with Crippen LogP contribution in [-0.4, -0.2) is 27.2 Å². The van der Waals surface area contributed by atoms with Crippen molar-refractivity contribution < 1.29 is 9.26 Å². The molecule has 0 saturated heterocycles. The van der Waals surface area contributed by atoms with E-state index in [1.165, 1.54) is 50.5 Å². The highest BCUT2D eigenvalue weighted by Crippen LogP contribution is 2.65. The molecule has 2 fully saturated rings. The van der Waals surface area contributed by atoms with E-state index in [-0.39, 0.29) is 5.41 Å². The van der Waals surface area contributed by atoms with E-state index in [0.717, 1.165) is 23.5 Å². The Morgan fingerprint density at radius 1 is 1.03 bits per heavy atom. The first kappa shape index (κ1) is 21.4. The number of nitrogens with zero attached hydrogens (tertiary/aromatic N) is 1. The van der Waals surface area contributed by atoms with E-state index in [4.69, 9.17) is 9.26 Å². The summed E-state index contributed by atoms with van der Waals surface area (Å²) in [5.74, 6) is 2.39. The van der Waals surface area contributed by atoms with E-state index in [0.29, 0.717) is 11.5 Å². The number of fused-ring (bicyclic) bond motifs is 5. The first-order chi connectivity index (χ1) is 13.6. The lowest BCUT2D eigenvalue weighted by Crippen LogP contribution is -2.51. The van der Waals surface area contributed by atoms with E-state index in [1.807, 2.05) is 0 Å². The summed E-state index contributed by atoms with van der Waals surface area (Å²) in [5.41, 5.74) is 4.92. The Kier molecular flexibility index (Phi) is 5.43. The molecule has 0 N–H and O–H groups in total. The zero-order chi connectivity index (χ0) is 21.0. The molecule has 0 bridgehead atoms. The minimum atomic E-state index is -1.47. The summed E-state index contributed by atoms with van der Waals surface area (Å²) in [6, 6.07) is 0. The Hall–Kier alpha value is -0.873. The third-order valence-electron chi connectivity index (χ3n) is 8.78. The average molecular weight is 416 g/mol. The molecular weight excluding hydrogens is 374 g/mol. The predicted octanol–water partition coefficient (Wildman–Crippen LogP) is 6.73. The summed E-state index contributed by atoms with van der Waals surface area (Å²) in [5, 5.41) is 4.29. The van der Waals surface area contributed by atoms with Gasteiger partial charge in [-0.05, 0) is 106 Å². The largest absolute Gasteiger partial charge is 0.414 e. The fourth-order valence-corrected chi connectivity index (χ4v) is 8.74. The van der Waals surface area contributed by atoms with Crippen molar-refractivity contribution in [3.8, 4) is 0 Å². The van der Waals surface area contributed by atoms with Crippen molar-refractivity contribution in [3.63, 3.8) is 0 Å². The highest BCUT2D eigenvalue weighted by molar-refractivity contribution is 6.69. The van der Waals surface area contributed by atoms with E-state index in [1.54, 1.807) is 12.7 Å². The molecule has 2 saturated carbocycles. The maximum Gasteiger partial charge on any atom is 0.184 e. The molecule has 0 amide bonds. The molecule has 162 valence electrons. The van der Waals surface area contributed by atoms with Crippen molar-refractivity contribution >= 4 is 14.0 Å². The quantitative estimate of drug-likeness (QED) is 0.221. The summed E-state index contributed by atoms with van der Waals surface area (Å²) in [6.45, 7) is 14.2. The van der Waals surface area contributed by atoms with Crippen molar-refractivity contribution in [3.05, 3.63) is 23.3 Å². The van der Waals surface area contributed by atoms with E-state index < -0.39 is 8.32 Å². The highest BCUT2D eigenvalue weighted by atomic mass is 28.4. The van der Waals surface area contributed by atoms with Crippen LogP contribution in [0.1, 0.15) is 65.7 Å². The fraction of sp³-hybridized carbons (Fsp3) is 0.800. The van der Waals surface area contributed by atoms with Gasteiger partial charge in [-0.2, -0.15) is 0 Å². The van der Waals surface area contributed by atoms with E-state index in [2.05, 4.69) is 57.7 Å². The molecule has 3 nitrogen and oxygen atoms in total. The van der Waals surface area contributed by atoms with Crippen LogP contribution in [0, 0.1) is 28.6 Å². The second-order valence-corrected chi connectivity index (χ2v) is 16.0. The maximum absolute atomic E-state index is 6.52. The van der Waals surface area contributed by atoms with Gasteiger partial charge in [-0.25, -0.2) is 0 Å². The lowest BCUT2D eigenvalue weighted by Gasteiger charge is -2.58. The molecule has 4 aliphatic rings. The molecule has 0 spiro atoms. The Balaban J connectivity index is 1.56. The zero-order valence-corrected chi connectivity index (χ0v) is 20.7. The molecule has 4 heteroatoms. The van der Waals surface area contributed by atoms with Gasteiger partial charge in [0.15, 0.2) is 8.32 Å². The lowest BCUT2D eigenvalue weighted by atomic mass is 9.47. The van der Waals surface area contributed by atoms with Gasteiger partial charge in [-0.15, -0.1) is 0 Å². The summed E-state index contributed by atoms with van der Waals surface area (Å²) < 4.78 is 6.52. The van der Waals surface area contributed by atoms with Crippen molar-refractivity contribution in [1.29, 1.82) is 0 Å². The van der Waals surface area contributed by atoms with Gasteiger partial charge in [-0.3, -0.25) is 0 Å². The van der Waals surface area contributed by atoms with E-state index >= 15 is 0 Å². The Labute approximate surface area is 179 Å². The number of oxime groups is 1. The minimum Gasteiger partial charge on any atom is -0.414 e. The second-order valence-electron chi connectivity index (χ2n) is 11.5. The lowest BCUT2D eigenvalue weighted by molar-refractivity contribution is -0.0262. The van der Waals surface area contributed by atoms with Crippen LogP contribution in [-0.2, 0) is 9.26 Å². The molecular formula is C25H41NO2Si. The van der Waals surface area contributed by atoms with Crippen LogP contribution in [0.15, 0.2) is 28.5 Å². The third-order valence-corrected chi connectivity index (χ3v) is 9.82. The molecule has 0 radical (unpaired) electrons. The molecule has 0 heterocycles.